The Labute approximate surface area is 140 Å². The minimum atomic E-state index is -0.132. The van der Waals surface area contributed by atoms with Crippen molar-refractivity contribution in [1.82, 2.24) is 16.2 Å². The first-order chi connectivity index (χ1) is 11.2. The lowest BCUT2D eigenvalue weighted by Gasteiger charge is -2.10. The van der Waals surface area contributed by atoms with E-state index in [0.717, 1.165) is 12.0 Å². The fourth-order valence-corrected chi connectivity index (χ4v) is 2.65. The summed E-state index contributed by atoms with van der Waals surface area (Å²) in [5.74, 6) is -0.132. The van der Waals surface area contributed by atoms with Crippen LogP contribution in [0.1, 0.15) is 23.6 Å². The molecule has 1 aliphatic rings. The van der Waals surface area contributed by atoms with Gasteiger partial charge in [0, 0.05) is 23.6 Å². The van der Waals surface area contributed by atoms with Gasteiger partial charge in [0.25, 0.3) is 0 Å². The van der Waals surface area contributed by atoms with Gasteiger partial charge >= 0.3 is 0 Å². The first-order valence-corrected chi connectivity index (χ1v) is 7.89. The summed E-state index contributed by atoms with van der Waals surface area (Å²) in [5.41, 5.74) is 8.45. The molecule has 3 N–H and O–H groups in total. The monoisotopic (exact) mass is 327 g/mol. The normalized spacial score (nSPS) is 20.7. The van der Waals surface area contributed by atoms with Crippen LogP contribution in [0.5, 0.6) is 0 Å². The first kappa shape index (κ1) is 15.7. The van der Waals surface area contributed by atoms with E-state index in [2.05, 4.69) is 28.3 Å². The number of hydrazine groups is 1. The Hall–Kier alpha value is -2.14. The summed E-state index contributed by atoms with van der Waals surface area (Å²) in [6.07, 6.45) is 4.00. The summed E-state index contributed by atoms with van der Waals surface area (Å²) >= 11 is 5.83. The second-order valence-electron chi connectivity index (χ2n) is 5.43. The van der Waals surface area contributed by atoms with E-state index < -0.39 is 0 Å². The van der Waals surface area contributed by atoms with E-state index >= 15 is 0 Å². The van der Waals surface area contributed by atoms with E-state index in [9.17, 15) is 4.79 Å². The average molecular weight is 328 g/mol. The molecular weight excluding hydrogens is 310 g/mol. The first-order valence-electron chi connectivity index (χ1n) is 7.51. The maximum absolute atomic E-state index is 12.0. The molecule has 1 saturated heterocycles. The van der Waals surface area contributed by atoms with Crippen molar-refractivity contribution < 1.29 is 4.79 Å². The van der Waals surface area contributed by atoms with Crippen LogP contribution in [0, 0.1) is 0 Å². The summed E-state index contributed by atoms with van der Waals surface area (Å²) < 4.78 is 0. The molecule has 1 fully saturated rings. The number of hydrogen-bond acceptors (Lipinski definition) is 3. The zero-order chi connectivity index (χ0) is 16.1. The molecule has 1 amide bonds. The summed E-state index contributed by atoms with van der Waals surface area (Å²) in [7, 11) is 0. The van der Waals surface area contributed by atoms with Gasteiger partial charge in [0.2, 0.25) is 5.91 Å². The SMILES string of the molecule is O=C(/C=C/c1ccc(Cl)cc1)NC1CC(c2ccccc2)NN1. The van der Waals surface area contributed by atoms with E-state index in [4.69, 9.17) is 11.6 Å². The van der Waals surface area contributed by atoms with Crippen molar-refractivity contribution in [3.05, 3.63) is 76.8 Å². The number of carbonyl (C=O) groups excluding carboxylic acids is 1. The minimum absolute atomic E-state index is 0.0948. The van der Waals surface area contributed by atoms with E-state index in [1.165, 1.54) is 11.6 Å². The third-order valence-corrected chi connectivity index (χ3v) is 3.97. The van der Waals surface area contributed by atoms with Crippen molar-refractivity contribution in [2.24, 2.45) is 0 Å². The third kappa shape index (κ3) is 4.42. The molecule has 2 unspecified atom stereocenters. The lowest BCUT2D eigenvalue weighted by molar-refractivity contribution is -0.117. The van der Waals surface area contributed by atoms with Gasteiger partial charge in [0.05, 0.1) is 6.17 Å². The second kappa shape index (κ2) is 7.42. The second-order valence-corrected chi connectivity index (χ2v) is 5.87. The summed E-state index contributed by atoms with van der Waals surface area (Å²) in [6, 6.07) is 17.7. The summed E-state index contributed by atoms with van der Waals surface area (Å²) in [4.78, 5) is 12.0. The Kier molecular flexibility index (Phi) is 5.08. The molecule has 3 rings (SSSR count). The van der Waals surface area contributed by atoms with Gasteiger partial charge in [-0.05, 0) is 29.3 Å². The van der Waals surface area contributed by atoms with Gasteiger partial charge in [-0.3, -0.25) is 4.79 Å². The Morgan fingerprint density at radius 1 is 1.09 bits per heavy atom. The molecule has 2 aromatic carbocycles. The summed E-state index contributed by atoms with van der Waals surface area (Å²) in [6.45, 7) is 0. The number of benzene rings is 2. The van der Waals surface area contributed by atoms with Crippen LogP contribution in [-0.2, 0) is 4.79 Å². The van der Waals surface area contributed by atoms with Crippen LogP contribution in [0.3, 0.4) is 0 Å². The number of amides is 1. The molecular formula is C18H18ClN3O. The maximum atomic E-state index is 12.0. The molecule has 0 saturated carbocycles. The van der Waals surface area contributed by atoms with Crippen molar-refractivity contribution in [3.63, 3.8) is 0 Å². The zero-order valence-electron chi connectivity index (χ0n) is 12.5. The molecule has 118 valence electrons. The highest BCUT2D eigenvalue weighted by Crippen LogP contribution is 2.20. The van der Waals surface area contributed by atoms with Crippen LogP contribution in [0.25, 0.3) is 6.08 Å². The number of nitrogens with one attached hydrogen (secondary N) is 3. The van der Waals surface area contributed by atoms with Crippen molar-refractivity contribution in [3.8, 4) is 0 Å². The van der Waals surface area contributed by atoms with Gasteiger partial charge in [-0.1, -0.05) is 54.1 Å². The fraction of sp³-hybridized carbons (Fsp3) is 0.167. The quantitative estimate of drug-likeness (QED) is 0.757. The van der Waals surface area contributed by atoms with E-state index in [0.29, 0.717) is 5.02 Å². The number of carbonyl (C=O) groups is 1. The molecule has 1 heterocycles. The largest absolute Gasteiger partial charge is 0.336 e. The van der Waals surface area contributed by atoms with Crippen molar-refractivity contribution in [1.29, 1.82) is 0 Å². The van der Waals surface area contributed by atoms with Gasteiger partial charge in [0.15, 0.2) is 0 Å². The van der Waals surface area contributed by atoms with Crippen LogP contribution in [-0.4, -0.2) is 12.1 Å². The maximum Gasteiger partial charge on any atom is 0.245 e. The highest BCUT2D eigenvalue weighted by Gasteiger charge is 2.25. The lowest BCUT2D eigenvalue weighted by atomic mass is 10.0. The van der Waals surface area contributed by atoms with Gasteiger partial charge in [-0.15, -0.1) is 0 Å². The molecule has 5 heteroatoms. The predicted octanol–water partition coefficient (Wildman–Crippen LogP) is 3.03. The molecule has 0 radical (unpaired) electrons. The van der Waals surface area contributed by atoms with Crippen molar-refractivity contribution in [2.45, 2.75) is 18.6 Å². The molecule has 0 spiro atoms. The Morgan fingerprint density at radius 2 is 1.83 bits per heavy atom. The molecule has 0 bridgehead atoms. The van der Waals surface area contributed by atoms with Gasteiger partial charge in [-0.25, -0.2) is 10.9 Å². The minimum Gasteiger partial charge on any atom is -0.336 e. The van der Waals surface area contributed by atoms with Crippen LogP contribution in [0.2, 0.25) is 5.02 Å². The van der Waals surface area contributed by atoms with Crippen LogP contribution >= 0.6 is 11.6 Å². The molecule has 23 heavy (non-hydrogen) atoms. The Morgan fingerprint density at radius 3 is 2.57 bits per heavy atom. The van der Waals surface area contributed by atoms with Crippen LogP contribution in [0.15, 0.2) is 60.7 Å². The van der Waals surface area contributed by atoms with E-state index in [1.54, 1.807) is 18.2 Å². The molecule has 2 atom stereocenters. The number of hydrogen-bond donors (Lipinski definition) is 3. The molecule has 0 aromatic heterocycles. The van der Waals surface area contributed by atoms with Crippen molar-refractivity contribution in [2.75, 3.05) is 0 Å². The van der Waals surface area contributed by atoms with E-state index in [1.807, 2.05) is 30.3 Å². The van der Waals surface area contributed by atoms with Gasteiger partial charge in [-0.2, -0.15) is 0 Å². The number of halogens is 1. The molecule has 1 aliphatic heterocycles. The van der Waals surface area contributed by atoms with Crippen LogP contribution in [0.4, 0.5) is 0 Å². The van der Waals surface area contributed by atoms with E-state index in [-0.39, 0.29) is 18.1 Å². The molecule has 4 nitrogen and oxygen atoms in total. The van der Waals surface area contributed by atoms with Gasteiger partial charge < -0.3 is 5.32 Å². The van der Waals surface area contributed by atoms with Crippen LogP contribution < -0.4 is 16.2 Å². The van der Waals surface area contributed by atoms with Gasteiger partial charge in [0.1, 0.15) is 0 Å². The Balaban J connectivity index is 1.52. The molecule has 2 aromatic rings. The highest BCUT2D eigenvalue weighted by atomic mass is 35.5. The summed E-state index contributed by atoms with van der Waals surface area (Å²) in [5, 5.41) is 3.62. The average Bonchev–Trinajstić information content (AvgIpc) is 3.04. The molecule has 0 aliphatic carbocycles. The van der Waals surface area contributed by atoms with Crippen molar-refractivity contribution >= 4 is 23.6 Å². The third-order valence-electron chi connectivity index (χ3n) is 3.72. The number of rotatable bonds is 4. The predicted molar refractivity (Wildman–Crippen MR) is 92.5 cm³/mol. The Bertz CT molecular complexity index is 685. The zero-order valence-corrected chi connectivity index (χ0v) is 13.3. The standard InChI is InChI=1S/C18H18ClN3O/c19-15-9-6-13(7-10-15)8-11-18(23)20-17-12-16(21-22-17)14-4-2-1-3-5-14/h1-11,16-17,21-22H,12H2,(H,20,23)/b11-8+. The topological polar surface area (TPSA) is 53.2 Å². The lowest BCUT2D eigenvalue weighted by Crippen LogP contribution is -2.43. The highest BCUT2D eigenvalue weighted by molar-refractivity contribution is 6.30. The smallest absolute Gasteiger partial charge is 0.245 e. The fourth-order valence-electron chi connectivity index (χ4n) is 2.52.